The van der Waals surface area contributed by atoms with E-state index in [-0.39, 0.29) is 5.25 Å². The van der Waals surface area contributed by atoms with Crippen LogP contribution in [0.5, 0.6) is 0 Å². The number of nitrogens with one attached hydrogen (secondary N) is 1. The Kier molecular flexibility index (Phi) is 4.00. The summed E-state index contributed by atoms with van der Waals surface area (Å²) in [6.07, 6.45) is 3.30. The van der Waals surface area contributed by atoms with Crippen molar-refractivity contribution in [1.29, 1.82) is 0 Å². The molecule has 3 N–H and O–H groups in total. The van der Waals surface area contributed by atoms with Crippen molar-refractivity contribution in [3.8, 4) is 0 Å². The summed E-state index contributed by atoms with van der Waals surface area (Å²) in [4.78, 5) is 0. The van der Waals surface area contributed by atoms with Gasteiger partial charge in [0.25, 0.3) is 0 Å². The second-order valence-electron chi connectivity index (χ2n) is 5.20. The average Bonchev–Trinajstić information content (AvgIpc) is 2.62. The van der Waals surface area contributed by atoms with Gasteiger partial charge in [-0.3, -0.25) is 5.14 Å². The lowest BCUT2D eigenvalue weighted by molar-refractivity contribution is 0.116. The van der Waals surface area contributed by atoms with Gasteiger partial charge in [0.15, 0.2) is 0 Å². The Bertz CT molecular complexity index is 267. The molecule has 2 aliphatic heterocycles. The Balaban J connectivity index is 1.99. The zero-order valence-corrected chi connectivity index (χ0v) is 10.7. The number of hydrogen-bond donors (Lipinski definition) is 2. The molecule has 2 aliphatic rings. The Labute approximate surface area is 99.9 Å². The normalized spacial score (nSPS) is 32.8. The van der Waals surface area contributed by atoms with Crippen LogP contribution in [0.25, 0.3) is 0 Å². The number of ether oxygens (including phenoxy) is 1. The fourth-order valence-corrected chi connectivity index (χ4v) is 3.41. The van der Waals surface area contributed by atoms with Crippen molar-refractivity contribution in [2.75, 3.05) is 26.3 Å². The molecule has 1 spiro atoms. The van der Waals surface area contributed by atoms with Crippen LogP contribution in [0.2, 0.25) is 0 Å². The standard InChI is InChI=1S/C11H22N2O2S/c1-9(16(12)14)6-10-7-15-8-11(10)2-4-13-5-3-11/h9-10,13H,2-8,12H2,1H3/t9?,10-,16?/m1/s1. The maximum Gasteiger partial charge on any atom is 0.0916 e. The quantitative estimate of drug-likeness (QED) is 0.758. The van der Waals surface area contributed by atoms with E-state index >= 15 is 0 Å². The molecule has 0 radical (unpaired) electrons. The number of nitrogens with two attached hydrogens (primary N) is 1. The molecule has 5 heteroatoms. The largest absolute Gasteiger partial charge is 0.381 e. The van der Waals surface area contributed by atoms with Crippen LogP contribution in [0.15, 0.2) is 0 Å². The molecule has 4 nitrogen and oxygen atoms in total. The second kappa shape index (κ2) is 5.12. The molecule has 94 valence electrons. The molecular weight excluding hydrogens is 224 g/mol. The predicted molar refractivity (Wildman–Crippen MR) is 65.3 cm³/mol. The van der Waals surface area contributed by atoms with Crippen molar-refractivity contribution in [1.82, 2.24) is 5.32 Å². The Hall–Kier alpha value is 0.0300. The van der Waals surface area contributed by atoms with Crippen LogP contribution in [0, 0.1) is 11.3 Å². The molecule has 2 unspecified atom stereocenters. The summed E-state index contributed by atoms with van der Waals surface area (Å²) in [6.45, 7) is 5.84. The first-order valence-electron chi connectivity index (χ1n) is 6.07. The van der Waals surface area contributed by atoms with E-state index in [1.807, 2.05) is 6.92 Å². The summed E-state index contributed by atoms with van der Waals surface area (Å²) in [5.41, 5.74) is 0.332. The highest BCUT2D eigenvalue weighted by Gasteiger charge is 2.44. The highest BCUT2D eigenvalue weighted by molar-refractivity contribution is 7.83. The van der Waals surface area contributed by atoms with Crippen molar-refractivity contribution < 1.29 is 8.95 Å². The molecule has 0 bridgehead atoms. The van der Waals surface area contributed by atoms with Gasteiger partial charge in [-0.25, -0.2) is 4.21 Å². The predicted octanol–water partition coefficient (Wildman–Crippen LogP) is 0.404. The average molecular weight is 246 g/mol. The number of rotatable bonds is 3. The van der Waals surface area contributed by atoms with Gasteiger partial charge in [-0.15, -0.1) is 0 Å². The van der Waals surface area contributed by atoms with Crippen LogP contribution in [0.3, 0.4) is 0 Å². The Morgan fingerprint density at radius 3 is 2.88 bits per heavy atom. The second-order valence-corrected chi connectivity index (χ2v) is 6.66. The van der Waals surface area contributed by atoms with Crippen LogP contribution in [-0.4, -0.2) is 35.8 Å². The number of piperidine rings is 1. The lowest BCUT2D eigenvalue weighted by Gasteiger charge is -2.38. The van der Waals surface area contributed by atoms with E-state index in [0.29, 0.717) is 11.3 Å². The third-order valence-corrected chi connectivity index (χ3v) is 5.17. The molecule has 0 aromatic heterocycles. The van der Waals surface area contributed by atoms with Crippen LogP contribution < -0.4 is 10.5 Å². The number of hydrogen-bond acceptors (Lipinski definition) is 3. The first-order valence-corrected chi connectivity index (χ1v) is 7.35. The molecule has 0 aromatic carbocycles. The third kappa shape index (κ3) is 2.47. The summed E-state index contributed by atoms with van der Waals surface area (Å²) in [7, 11) is -1.20. The molecule has 0 saturated carbocycles. The molecule has 2 saturated heterocycles. The molecule has 0 amide bonds. The van der Waals surface area contributed by atoms with Gasteiger partial charge < -0.3 is 10.1 Å². The molecule has 3 atom stereocenters. The van der Waals surface area contributed by atoms with Crippen LogP contribution in [0.1, 0.15) is 26.2 Å². The summed E-state index contributed by atoms with van der Waals surface area (Å²) in [5.74, 6) is 0.539. The monoisotopic (exact) mass is 246 g/mol. The molecule has 2 rings (SSSR count). The molecular formula is C11H22N2O2S. The fourth-order valence-electron chi connectivity index (χ4n) is 2.99. The van der Waals surface area contributed by atoms with Gasteiger partial charge in [-0.2, -0.15) is 0 Å². The molecule has 0 aromatic rings. The van der Waals surface area contributed by atoms with E-state index < -0.39 is 11.0 Å². The molecule has 2 heterocycles. The Morgan fingerprint density at radius 1 is 1.56 bits per heavy atom. The summed E-state index contributed by atoms with van der Waals surface area (Å²) < 4.78 is 16.9. The van der Waals surface area contributed by atoms with E-state index in [1.165, 1.54) is 12.8 Å². The zero-order chi connectivity index (χ0) is 11.6. The minimum absolute atomic E-state index is 0.0819. The SMILES string of the molecule is CC(C[C@@H]1COCC12CCNCC2)S(N)=O. The van der Waals surface area contributed by atoms with Crippen LogP contribution in [-0.2, 0) is 15.7 Å². The topological polar surface area (TPSA) is 64.3 Å². The van der Waals surface area contributed by atoms with E-state index in [4.69, 9.17) is 9.88 Å². The van der Waals surface area contributed by atoms with Crippen LogP contribution >= 0.6 is 0 Å². The molecule has 16 heavy (non-hydrogen) atoms. The van der Waals surface area contributed by atoms with Gasteiger partial charge in [0.2, 0.25) is 0 Å². The first-order chi connectivity index (χ1) is 7.64. The third-order valence-electron chi connectivity index (χ3n) is 4.19. The molecule has 2 fully saturated rings. The van der Waals surface area contributed by atoms with Gasteiger partial charge in [-0.1, -0.05) is 0 Å². The van der Waals surface area contributed by atoms with E-state index in [1.54, 1.807) is 0 Å². The molecule has 0 aliphatic carbocycles. The minimum Gasteiger partial charge on any atom is -0.381 e. The lowest BCUT2D eigenvalue weighted by Crippen LogP contribution is -2.42. The lowest BCUT2D eigenvalue weighted by atomic mass is 9.70. The van der Waals surface area contributed by atoms with Crippen molar-refractivity contribution in [2.45, 2.75) is 31.4 Å². The van der Waals surface area contributed by atoms with Gasteiger partial charge in [0.05, 0.1) is 24.2 Å². The van der Waals surface area contributed by atoms with Gasteiger partial charge in [0.1, 0.15) is 0 Å². The van der Waals surface area contributed by atoms with E-state index in [0.717, 1.165) is 32.7 Å². The maximum atomic E-state index is 11.2. The first kappa shape index (κ1) is 12.5. The summed E-state index contributed by atoms with van der Waals surface area (Å²) in [5, 5.41) is 8.93. The maximum absolute atomic E-state index is 11.2. The van der Waals surface area contributed by atoms with Crippen LogP contribution in [0.4, 0.5) is 0 Å². The summed E-state index contributed by atoms with van der Waals surface area (Å²) >= 11 is 0. The minimum atomic E-state index is -1.20. The zero-order valence-electron chi connectivity index (χ0n) is 9.91. The van der Waals surface area contributed by atoms with Gasteiger partial charge in [-0.05, 0) is 45.2 Å². The summed E-state index contributed by atoms with van der Waals surface area (Å²) in [6, 6.07) is 0. The van der Waals surface area contributed by atoms with Crippen molar-refractivity contribution in [2.24, 2.45) is 16.5 Å². The Morgan fingerprint density at radius 2 is 2.25 bits per heavy atom. The van der Waals surface area contributed by atoms with Gasteiger partial charge in [0, 0.05) is 10.7 Å². The van der Waals surface area contributed by atoms with Crippen molar-refractivity contribution in [3.05, 3.63) is 0 Å². The van der Waals surface area contributed by atoms with Crippen molar-refractivity contribution in [3.63, 3.8) is 0 Å². The highest BCUT2D eigenvalue weighted by Crippen LogP contribution is 2.44. The van der Waals surface area contributed by atoms with Gasteiger partial charge >= 0.3 is 0 Å². The highest BCUT2D eigenvalue weighted by atomic mass is 32.2. The van der Waals surface area contributed by atoms with Crippen molar-refractivity contribution >= 4 is 11.0 Å². The smallest absolute Gasteiger partial charge is 0.0916 e. The fraction of sp³-hybridized carbons (Fsp3) is 1.00. The van der Waals surface area contributed by atoms with E-state index in [2.05, 4.69) is 5.32 Å². The van der Waals surface area contributed by atoms with E-state index in [9.17, 15) is 4.21 Å².